The molecule has 4 nitrogen and oxygen atoms in total. The standard InChI is InChI=1S/C15H21NO3/c1-16(11-14-4-2-3-9-19-14)10-12-5-7-13(8-6-12)15(17)18/h5-8,14H,2-4,9-11H2,1H3,(H,17,18). The highest BCUT2D eigenvalue weighted by Crippen LogP contribution is 2.14. The van der Waals surface area contributed by atoms with E-state index in [4.69, 9.17) is 9.84 Å². The SMILES string of the molecule is CN(Cc1ccc(C(=O)O)cc1)CC1CCCCO1. The summed E-state index contributed by atoms with van der Waals surface area (Å²) in [5.41, 5.74) is 1.46. The molecule has 0 spiro atoms. The van der Waals surface area contributed by atoms with Crippen LogP contribution in [0.15, 0.2) is 24.3 Å². The molecular weight excluding hydrogens is 242 g/mol. The van der Waals surface area contributed by atoms with Crippen molar-refractivity contribution in [1.82, 2.24) is 4.90 Å². The molecule has 1 aromatic rings. The molecule has 19 heavy (non-hydrogen) atoms. The number of hydrogen-bond acceptors (Lipinski definition) is 3. The molecule has 1 heterocycles. The Bertz CT molecular complexity index is 410. The molecule has 1 fully saturated rings. The largest absolute Gasteiger partial charge is 0.478 e. The van der Waals surface area contributed by atoms with Gasteiger partial charge in [0.05, 0.1) is 11.7 Å². The summed E-state index contributed by atoms with van der Waals surface area (Å²) in [6, 6.07) is 7.06. The average Bonchev–Trinajstić information content (AvgIpc) is 2.40. The number of carbonyl (C=O) groups is 1. The molecule has 4 heteroatoms. The van der Waals surface area contributed by atoms with E-state index < -0.39 is 5.97 Å². The van der Waals surface area contributed by atoms with E-state index in [-0.39, 0.29) is 0 Å². The molecule has 1 atom stereocenters. The van der Waals surface area contributed by atoms with Crippen molar-refractivity contribution >= 4 is 5.97 Å². The van der Waals surface area contributed by atoms with Crippen molar-refractivity contribution in [3.05, 3.63) is 35.4 Å². The molecule has 0 aromatic heterocycles. The second-order valence-corrected chi connectivity index (χ2v) is 5.19. The maximum atomic E-state index is 10.8. The number of aromatic carboxylic acids is 1. The maximum Gasteiger partial charge on any atom is 0.335 e. The first-order valence-corrected chi connectivity index (χ1v) is 6.77. The van der Waals surface area contributed by atoms with Crippen molar-refractivity contribution < 1.29 is 14.6 Å². The van der Waals surface area contributed by atoms with E-state index in [2.05, 4.69) is 11.9 Å². The quantitative estimate of drug-likeness (QED) is 0.886. The highest BCUT2D eigenvalue weighted by atomic mass is 16.5. The second kappa shape index (κ2) is 6.68. The fraction of sp³-hybridized carbons (Fsp3) is 0.533. The van der Waals surface area contributed by atoms with Gasteiger partial charge in [0.2, 0.25) is 0 Å². The molecule has 0 amide bonds. The van der Waals surface area contributed by atoms with Crippen molar-refractivity contribution in [3.63, 3.8) is 0 Å². The van der Waals surface area contributed by atoms with Crippen LogP contribution in [-0.2, 0) is 11.3 Å². The zero-order chi connectivity index (χ0) is 13.7. The van der Waals surface area contributed by atoms with Gasteiger partial charge in [-0.2, -0.15) is 0 Å². The van der Waals surface area contributed by atoms with Crippen LogP contribution in [0.5, 0.6) is 0 Å². The predicted octanol–water partition coefficient (Wildman–Crippen LogP) is 2.39. The first-order chi connectivity index (χ1) is 9.15. The van der Waals surface area contributed by atoms with E-state index in [1.54, 1.807) is 12.1 Å². The molecule has 1 unspecified atom stereocenters. The van der Waals surface area contributed by atoms with Gasteiger partial charge in [-0.25, -0.2) is 4.79 Å². The Kier molecular flexibility index (Phi) is 4.93. The number of ether oxygens (including phenoxy) is 1. The summed E-state index contributed by atoms with van der Waals surface area (Å²) in [6.45, 7) is 2.63. The molecule has 1 aliphatic heterocycles. The van der Waals surface area contributed by atoms with Crippen LogP contribution in [-0.4, -0.2) is 42.3 Å². The van der Waals surface area contributed by atoms with Crippen molar-refractivity contribution in [1.29, 1.82) is 0 Å². The number of carboxylic acids is 1. The third-order valence-electron chi connectivity index (χ3n) is 3.44. The summed E-state index contributed by atoms with van der Waals surface area (Å²) in [6.07, 6.45) is 3.92. The molecule has 1 aliphatic rings. The van der Waals surface area contributed by atoms with E-state index in [0.717, 1.165) is 31.7 Å². The highest BCUT2D eigenvalue weighted by molar-refractivity contribution is 5.87. The van der Waals surface area contributed by atoms with Crippen molar-refractivity contribution in [2.75, 3.05) is 20.2 Å². The van der Waals surface area contributed by atoms with Crippen LogP contribution < -0.4 is 0 Å². The molecule has 104 valence electrons. The van der Waals surface area contributed by atoms with Gasteiger partial charge in [0.1, 0.15) is 0 Å². The van der Waals surface area contributed by atoms with Gasteiger partial charge in [-0.3, -0.25) is 4.90 Å². The van der Waals surface area contributed by atoms with Crippen molar-refractivity contribution in [2.45, 2.75) is 31.9 Å². The van der Waals surface area contributed by atoms with Crippen LogP contribution in [0.3, 0.4) is 0 Å². The molecule has 2 rings (SSSR count). The Labute approximate surface area is 114 Å². The van der Waals surface area contributed by atoms with Crippen LogP contribution in [0.1, 0.15) is 35.2 Å². The summed E-state index contributed by atoms with van der Waals surface area (Å²) < 4.78 is 5.72. The Balaban J connectivity index is 1.83. The monoisotopic (exact) mass is 263 g/mol. The number of likely N-dealkylation sites (N-methyl/N-ethyl adjacent to an activating group) is 1. The Morgan fingerprint density at radius 3 is 2.68 bits per heavy atom. The Morgan fingerprint density at radius 1 is 1.37 bits per heavy atom. The molecule has 0 radical (unpaired) electrons. The van der Waals surface area contributed by atoms with Gasteiger partial charge in [0, 0.05) is 19.7 Å². The molecule has 0 bridgehead atoms. The lowest BCUT2D eigenvalue weighted by molar-refractivity contribution is -0.00259. The molecule has 1 saturated heterocycles. The fourth-order valence-corrected chi connectivity index (χ4v) is 2.43. The number of carboxylic acid groups (broad SMARTS) is 1. The summed E-state index contributed by atoms with van der Waals surface area (Å²) in [4.78, 5) is 13.0. The van der Waals surface area contributed by atoms with Crippen molar-refractivity contribution in [2.24, 2.45) is 0 Å². The van der Waals surface area contributed by atoms with Crippen molar-refractivity contribution in [3.8, 4) is 0 Å². The second-order valence-electron chi connectivity index (χ2n) is 5.19. The van der Waals surface area contributed by atoms with Gasteiger partial charge in [-0.05, 0) is 44.0 Å². The van der Waals surface area contributed by atoms with Gasteiger partial charge in [0.25, 0.3) is 0 Å². The fourth-order valence-electron chi connectivity index (χ4n) is 2.43. The number of benzene rings is 1. The lowest BCUT2D eigenvalue weighted by Gasteiger charge is -2.27. The van der Waals surface area contributed by atoms with E-state index in [1.165, 1.54) is 12.8 Å². The maximum absolute atomic E-state index is 10.8. The molecule has 0 saturated carbocycles. The highest BCUT2D eigenvalue weighted by Gasteiger charge is 2.15. The third kappa shape index (κ3) is 4.33. The first-order valence-electron chi connectivity index (χ1n) is 6.77. The summed E-state index contributed by atoms with van der Waals surface area (Å²) >= 11 is 0. The Morgan fingerprint density at radius 2 is 2.11 bits per heavy atom. The minimum absolute atomic E-state index is 0.335. The zero-order valence-corrected chi connectivity index (χ0v) is 11.3. The lowest BCUT2D eigenvalue weighted by Crippen LogP contribution is -2.33. The van der Waals surface area contributed by atoms with Crippen LogP contribution in [0.25, 0.3) is 0 Å². The Hall–Kier alpha value is -1.39. The molecular formula is C15H21NO3. The smallest absolute Gasteiger partial charge is 0.335 e. The molecule has 0 aliphatic carbocycles. The predicted molar refractivity (Wildman–Crippen MR) is 73.3 cm³/mol. The number of nitrogens with zero attached hydrogens (tertiary/aromatic N) is 1. The minimum atomic E-state index is -0.879. The van der Waals surface area contributed by atoms with E-state index in [0.29, 0.717) is 11.7 Å². The van der Waals surface area contributed by atoms with Gasteiger partial charge >= 0.3 is 5.97 Å². The molecule has 1 N–H and O–H groups in total. The van der Waals surface area contributed by atoms with E-state index in [9.17, 15) is 4.79 Å². The van der Waals surface area contributed by atoms with Crippen LogP contribution in [0.4, 0.5) is 0 Å². The van der Waals surface area contributed by atoms with Crippen LogP contribution >= 0.6 is 0 Å². The topological polar surface area (TPSA) is 49.8 Å². The minimum Gasteiger partial charge on any atom is -0.478 e. The van der Waals surface area contributed by atoms with Gasteiger partial charge in [0.15, 0.2) is 0 Å². The summed E-state index contributed by atoms with van der Waals surface area (Å²) in [5.74, 6) is -0.879. The number of rotatable bonds is 5. The van der Waals surface area contributed by atoms with E-state index >= 15 is 0 Å². The van der Waals surface area contributed by atoms with Crippen LogP contribution in [0, 0.1) is 0 Å². The van der Waals surface area contributed by atoms with Crippen LogP contribution in [0.2, 0.25) is 0 Å². The molecule has 1 aromatic carbocycles. The normalized spacial score (nSPS) is 19.6. The summed E-state index contributed by atoms with van der Waals surface area (Å²) in [5, 5.41) is 8.85. The summed E-state index contributed by atoms with van der Waals surface area (Å²) in [7, 11) is 2.07. The average molecular weight is 263 g/mol. The first kappa shape index (κ1) is 14.0. The van der Waals surface area contributed by atoms with E-state index in [1.807, 2.05) is 12.1 Å². The third-order valence-corrected chi connectivity index (χ3v) is 3.44. The lowest BCUT2D eigenvalue weighted by atomic mass is 10.1. The van der Waals surface area contributed by atoms with Gasteiger partial charge in [-0.1, -0.05) is 12.1 Å². The van der Waals surface area contributed by atoms with Gasteiger partial charge in [-0.15, -0.1) is 0 Å². The number of hydrogen-bond donors (Lipinski definition) is 1. The van der Waals surface area contributed by atoms with Gasteiger partial charge < -0.3 is 9.84 Å². The zero-order valence-electron chi connectivity index (χ0n) is 11.3.